The summed E-state index contributed by atoms with van der Waals surface area (Å²) in [6.07, 6.45) is 8.46. The summed E-state index contributed by atoms with van der Waals surface area (Å²) in [6.45, 7) is 10.2. The Bertz CT molecular complexity index is 1190. The van der Waals surface area contributed by atoms with Gasteiger partial charge in [-0.1, -0.05) is 11.6 Å². The number of aromatic nitrogens is 3. The van der Waals surface area contributed by atoms with Gasteiger partial charge in [-0.2, -0.15) is 4.98 Å². The van der Waals surface area contributed by atoms with Crippen molar-refractivity contribution in [1.29, 1.82) is 0 Å². The van der Waals surface area contributed by atoms with Gasteiger partial charge in [-0.3, -0.25) is 9.69 Å². The van der Waals surface area contributed by atoms with Gasteiger partial charge in [-0.15, -0.1) is 0 Å². The van der Waals surface area contributed by atoms with Crippen LogP contribution in [0.5, 0.6) is 5.88 Å². The molecular formula is C29H42N6O3. The smallest absolute Gasteiger partial charge is 0.219 e. The van der Waals surface area contributed by atoms with Crippen LogP contribution in [0.4, 0.5) is 5.82 Å². The van der Waals surface area contributed by atoms with Crippen LogP contribution in [-0.2, 0) is 16.6 Å². The number of fused-ring (bicyclic) bond motifs is 2. The summed E-state index contributed by atoms with van der Waals surface area (Å²) in [4.78, 5) is 27.8. The number of piperazine rings is 1. The lowest BCUT2D eigenvalue weighted by Crippen LogP contribution is -2.57. The molecule has 0 amide bonds. The zero-order chi connectivity index (χ0) is 26.5. The van der Waals surface area contributed by atoms with Crippen LogP contribution in [0.1, 0.15) is 83.5 Å². The van der Waals surface area contributed by atoms with Gasteiger partial charge in [0.1, 0.15) is 17.7 Å². The topological polar surface area (TPSA) is 96.6 Å². The van der Waals surface area contributed by atoms with Crippen molar-refractivity contribution in [2.45, 2.75) is 102 Å². The van der Waals surface area contributed by atoms with Crippen molar-refractivity contribution in [1.82, 2.24) is 25.3 Å². The summed E-state index contributed by atoms with van der Waals surface area (Å²) in [5, 5.41) is 8.12. The molecule has 2 aliphatic carbocycles. The second-order valence-electron chi connectivity index (χ2n) is 12.5. The van der Waals surface area contributed by atoms with Crippen LogP contribution in [0.3, 0.4) is 0 Å². The van der Waals surface area contributed by atoms with Crippen molar-refractivity contribution in [3.63, 3.8) is 0 Å². The Morgan fingerprint density at radius 3 is 2.74 bits per heavy atom. The summed E-state index contributed by atoms with van der Waals surface area (Å²) in [6, 6.07) is 2.35. The van der Waals surface area contributed by atoms with Crippen molar-refractivity contribution >= 4 is 11.6 Å². The number of ether oxygens (including phenoxy) is 1. The van der Waals surface area contributed by atoms with Gasteiger partial charge in [0.2, 0.25) is 5.88 Å². The third-order valence-electron chi connectivity index (χ3n) is 9.27. The number of likely N-dealkylation sites (tertiary alicyclic amines) is 1. The van der Waals surface area contributed by atoms with E-state index in [1.807, 2.05) is 6.07 Å². The molecule has 0 bridgehead atoms. The highest BCUT2D eigenvalue weighted by Gasteiger charge is 2.48. The molecule has 2 aliphatic heterocycles. The van der Waals surface area contributed by atoms with Gasteiger partial charge < -0.3 is 19.5 Å². The van der Waals surface area contributed by atoms with E-state index in [-0.39, 0.29) is 11.6 Å². The Morgan fingerprint density at radius 2 is 1.97 bits per heavy atom. The molecule has 206 valence electrons. The van der Waals surface area contributed by atoms with Crippen LogP contribution in [0.2, 0.25) is 0 Å². The van der Waals surface area contributed by atoms with E-state index in [9.17, 15) is 4.79 Å². The number of hydrogen-bond donors (Lipinski definition) is 1. The fourth-order valence-electron chi connectivity index (χ4n) is 7.25. The third kappa shape index (κ3) is 4.62. The molecule has 2 aromatic heterocycles. The second-order valence-corrected chi connectivity index (χ2v) is 12.5. The molecule has 38 heavy (non-hydrogen) atoms. The van der Waals surface area contributed by atoms with Gasteiger partial charge in [-0.05, 0) is 79.3 Å². The van der Waals surface area contributed by atoms with Gasteiger partial charge >= 0.3 is 0 Å². The maximum absolute atomic E-state index is 13.2. The average molecular weight is 523 g/mol. The van der Waals surface area contributed by atoms with Crippen LogP contribution >= 0.6 is 0 Å². The molecule has 0 unspecified atom stereocenters. The standard InChI is InChI=1S/C29H42N6O3/c1-19(21-10-8-15-34(21)4)37-24-17-23(35-16-14-30-28(2,3)18-35)31-27(32-24)25-20-9-7-13-29(26(20)38-33-25)12-6-5-11-22(29)36/h17,19,21,30H,5-16,18H2,1-4H3/t19-,21-,29+/m0/s1. The molecule has 3 fully saturated rings. The number of hydrogen-bond acceptors (Lipinski definition) is 9. The molecule has 9 nitrogen and oxygen atoms in total. The van der Waals surface area contributed by atoms with E-state index in [0.717, 1.165) is 88.3 Å². The van der Waals surface area contributed by atoms with E-state index in [1.165, 1.54) is 6.42 Å². The molecule has 2 aromatic rings. The summed E-state index contributed by atoms with van der Waals surface area (Å²) < 4.78 is 12.5. The molecule has 1 saturated carbocycles. The fourth-order valence-corrected chi connectivity index (χ4v) is 7.25. The zero-order valence-corrected chi connectivity index (χ0v) is 23.4. The highest BCUT2D eigenvalue weighted by Crippen LogP contribution is 2.47. The fraction of sp³-hybridized carbons (Fsp3) is 0.724. The van der Waals surface area contributed by atoms with Crippen LogP contribution in [0.25, 0.3) is 11.5 Å². The molecule has 1 N–H and O–H groups in total. The first kappa shape index (κ1) is 25.7. The van der Waals surface area contributed by atoms with E-state index in [1.54, 1.807) is 0 Å². The minimum atomic E-state index is -0.516. The van der Waals surface area contributed by atoms with E-state index >= 15 is 0 Å². The van der Waals surface area contributed by atoms with Crippen LogP contribution < -0.4 is 15.0 Å². The maximum atomic E-state index is 13.2. The van der Waals surface area contributed by atoms with E-state index in [0.29, 0.717) is 35.6 Å². The first-order valence-electron chi connectivity index (χ1n) is 14.5. The van der Waals surface area contributed by atoms with Crippen LogP contribution in [0, 0.1) is 0 Å². The van der Waals surface area contributed by atoms with E-state index < -0.39 is 5.41 Å². The highest BCUT2D eigenvalue weighted by atomic mass is 16.5. The molecule has 9 heteroatoms. The maximum Gasteiger partial charge on any atom is 0.219 e. The molecule has 3 atom stereocenters. The van der Waals surface area contributed by atoms with Gasteiger partial charge in [0.25, 0.3) is 0 Å². The summed E-state index contributed by atoms with van der Waals surface area (Å²) in [5.41, 5.74) is 1.14. The lowest BCUT2D eigenvalue weighted by atomic mass is 9.64. The minimum Gasteiger partial charge on any atom is -0.473 e. The largest absolute Gasteiger partial charge is 0.473 e. The van der Waals surface area contributed by atoms with Gasteiger partial charge in [-0.25, -0.2) is 4.98 Å². The molecular weight excluding hydrogens is 480 g/mol. The Hall–Kier alpha value is -2.52. The second kappa shape index (κ2) is 9.90. The SMILES string of the molecule is C[C@H](Oc1cc(N2CCNC(C)(C)C2)nc(-c2noc3c2CCC[C@@]32CCCCC2=O)n1)[C@@H]1CCCN1C. The lowest BCUT2D eigenvalue weighted by Gasteiger charge is -2.40. The number of rotatable bonds is 5. The van der Waals surface area contributed by atoms with Gasteiger partial charge in [0, 0.05) is 49.3 Å². The quantitative estimate of drug-likeness (QED) is 0.627. The molecule has 1 spiro atoms. The predicted molar refractivity (Wildman–Crippen MR) is 146 cm³/mol. The molecule has 4 heterocycles. The number of Topliss-reactive ketones (excluding diaryl/α,β-unsaturated/α-hetero) is 1. The van der Waals surface area contributed by atoms with Crippen molar-refractivity contribution in [3.05, 3.63) is 17.4 Å². The Morgan fingerprint density at radius 1 is 1.13 bits per heavy atom. The first-order valence-corrected chi connectivity index (χ1v) is 14.5. The highest BCUT2D eigenvalue weighted by molar-refractivity contribution is 5.91. The normalized spacial score (nSPS) is 28.5. The predicted octanol–water partition coefficient (Wildman–Crippen LogP) is 3.90. The number of anilines is 1. The van der Waals surface area contributed by atoms with Gasteiger partial charge in [0.15, 0.2) is 17.3 Å². The molecule has 2 saturated heterocycles. The Balaban J connectivity index is 1.39. The number of nitrogens with one attached hydrogen (secondary N) is 1. The zero-order valence-electron chi connectivity index (χ0n) is 23.4. The summed E-state index contributed by atoms with van der Waals surface area (Å²) in [7, 11) is 2.17. The minimum absolute atomic E-state index is 0.00640. The van der Waals surface area contributed by atoms with Crippen molar-refractivity contribution in [2.75, 3.05) is 38.1 Å². The number of nitrogens with zero attached hydrogens (tertiary/aromatic N) is 5. The summed E-state index contributed by atoms with van der Waals surface area (Å²) in [5.74, 6) is 3.03. The lowest BCUT2D eigenvalue weighted by molar-refractivity contribution is -0.128. The molecule has 0 aromatic carbocycles. The third-order valence-corrected chi connectivity index (χ3v) is 9.27. The Kier molecular flexibility index (Phi) is 6.71. The molecule has 4 aliphatic rings. The number of carbonyl (C=O) groups excluding carboxylic acids is 1. The van der Waals surface area contributed by atoms with Crippen molar-refractivity contribution < 1.29 is 14.1 Å². The Labute approximate surface area is 225 Å². The first-order chi connectivity index (χ1) is 18.3. The van der Waals surface area contributed by atoms with Crippen molar-refractivity contribution in [2.24, 2.45) is 0 Å². The molecule has 6 rings (SSSR count). The van der Waals surface area contributed by atoms with E-state index in [4.69, 9.17) is 19.2 Å². The number of ketones is 1. The van der Waals surface area contributed by atoms with E-state index in [2.05, 4.69) is 48.1 Å². The average Bonchev–Trinajstić information content (AvgIpc) is 3.52. The van der Waals surface area contributed by atoms with Crippen LogP contribution in [0.15, 0.2) is 10.6 Å². The number of carbonyl (C=O) groups is 1. The van der Waals surface area contributed by atoms with Gasteiger partial charge in [0.05, 0.1) is 5.41 Å². The monoisotopic (exact) mass is 522 g/mol. The van der Waals surface area contributed by atoms with Crippen LogP contribution in [-0.4, -0.2) is 76.7 Å². The number of likely N-dealkylation sites (N-methyl/N-ethyl adjacent to an activating group) is 1. The molecule has 0 radical (unpaired) electrons. The van der Waals surface area contributed by atoms with Crippen molar-refractivity contribution in [3.8, 4) is 17.4 Å². The summed E-state index contributed by atoms with van der Waals surface area (Å²) >= 11 is 0.